The second kappa shape index (κ2) is 9.53. The smallest absolute Gasteiger partial charge is 0.255 e. The van der Waals surface area contributed by atoms with E-state index in [4.69, 9.17) is 4.74 Å². The second-order valence-electron chi connectivity index (χ2n) is 6.08. The summed E-state index contributed by atoms with van der Waals surface area (Å²) in [6.07, 6.45) is 0. The Balaban J connectivity index is 1.54. The van der Waals surface area contributed by atoms with Gasteiger partial charge in [0.25, 0.3) is 5.91 Å². The van der Waals surface area contributed by atoms with Gasteiger partial charge in [0.2, 0.25) is 11.0 Å². The highest BCUT2D eigenvalue weighted by molar-refractivity contribution is 8.00. The van der Waals surface area contributed by atoms with Gasteiger partial charge in [-0.25, -0.2) is 0 Å². The molecule has 29 heavy (non-hydrogen) atoms. The minimum absolute atomic E-state index is 0.136. The largest absolute Gasteiger partial charge is 0.497 e. The van der Waals surface area contributed by atoms with Crippen LogP contribution in [0.1, 0.15) is 22.3 Å². The van der Waals surface area contributed by atoms with Gasteiger partial charge in [-0.3, -0.25) is 14.9 Å². The molecule has 0 aliphatic carbocycles. The number of nitrogens with zero attached hydrogens (tertiary/aromatic N) is 2. The van der Waals surface area contributed by atoms with Gasteiger partial charge in [0.05, 0.1) is 12.4 Å². The minimum atomic E-state index is -0.307. The number of ether oxygens (including phenoxy) is 1. The quantitative estimate of drug-likeness (QED) is 0.547. The monoisotopic (exact) mass is 428 g/mol. The minimum Gasteiger partial charge on any atom is -0.497 e. The number of thioether (sulfide) groups is 1. The predicted molar refractivity (Wildman–Crippen MR) is 116 cm³/mol. The van der Waals surface area contributed by atoms with Crippen LogP contribution in [0.3, 0.4) is 0 Å². The average Bonchev–Trinajstić information content (AvgIpc) is 3.14. The van der Waals surface area contributed by atoms with Crippen LogP contribution in [0.15, 0.2) is 53.4 Å². The van der Waals surface area contributed by atoms with Gasteiger partial charge in [-0.2, -0.15) is 0 Å². The SMILES string of the molecule is COc1ccc(C(=O)Nc2ccc(SC(C)C(=O)Nc3nnc(C)s3)cc2)cc1. The Morgan fingerprint density at radius 1 is 1.03 bits per heavy atom. The van der Waals surface area contributed by atoms with Gasteiger partial charge in [-0.1, -0.05) is 11.3 Å². The maximum absolute atomic E-state index is 12.3. The van der Waals surface area contributed by atoms with E-state index in [1.165, 1.54) is 23.1 Å². The molecule has 0 bridgehead atoms. The lowest BCUT2D eigenvalue weighted by molar-refractivity contribution is -0.115. The van der Waals surface area contributed by atoms with E-state index in [-0.39, 0.29) is 17.1 Å². The van der Waals surface area contributed by atoms with Gasteiger partial charge < -0.3 is 10.1 Å². The molecule has 0 fully saturated rings. The molecule has 3 aromatic rings. The molecule has 0 aliphatic rings. The molecule has 0 saturated heterocycles. The number of methoxy groups -OCH3 is 1. The zero-order valence-electron chi connectivity index (χ0n) is 16.1. The van der Waals surface area contributed by atoms with Crippen molar-refractivity contribution in [2.24, 2.45) is 0 Å². The van der Waals surface area contributed by atoms with Crippen LogP contribution in [0.25, 0.3) is 0 Å². The van der Waals surface area contributed by atoms with Crippen molar-refractivity contribution >= 4 is 45.7 Å². The number of benzene rings is 2. The Morgan fingerprint density at radius 3 is 2.31 bits per heavy atom. The molecular formula is C20H20N4O3S2. The first-order valence-electron chi connectivity index (χ1n) is 8.77. The number of rotatable bonds is 7. The van der Waals surface area contributed by atoms with E-state index < -0.39 is 0 Å². The van der Waals surface area contributed by atoms with E-state index >= 15 is 0 Å². The van der Waals surface area contributed by atoms with Crippen molar-refractivity contribution in [2.45, 2.75) is 24.0 Å². The molecule has 1 heterocycles. The Morgan fingerprint density at radius 2 is 1.72 bits per heavy atom. The first-order chi connectivity index (χ1) is 13.9. The summed E-state index contributed by atoms with van der Waals surface area (Å²) >= 11 is 2.76. The maximum atomic E-state index is 12.3. The van der Waals surface area contributed by atoms with Crippen molar-refractivity contribution in [3.8, 4) is 5.75 Å². The molecule has 7 nitrogen and oxygen atoms in total. The standard InChI is InChI=1S/C20H20N4O3S2/c1-12(18(25)22-20-24-23-13(2)29-20)28-17-10-6-15(7-11-17)21-19(26)14-4-8-16(27-3)9-5-14/h4-12H,1-3H3,(H,21,26)(H,22,24,25). The zero-order chi connectivity index (χ0) is 20.8. The van der Waals surface area contributed by atoms with Crippen molar-refractivity contribution < 1.29 is 14.3 Å². The summed E-state index contributed by atoms with van der Waals surface area (Å²) in [4.78, 5) is 25.5. The highest BCUT2D eigenvalue weighted by atomic mass is 32.2. The van der Waals surface area contributed by atoms with Crippen LogP contribution < -0.4 is 15.4 Å². The molecule has 1 atom stereocenters. The number of amides is 2. The highest BCUT2D eigenvalue weighted by Crippen LogP contribution is 2.26. The highest BCUT2D eigenvalue weighted by Gasteiger charge is 2.16. The Kier molecular flexibility index (Phi) is 6.84. The lowest BCUT2D eigenvalue weighted by atomic mass is 10.2. The Hall–Kier alpha value is -2.91. The molecule has 9 heteroatoms. The lowest BCUT2D eigenvalue weighted by Crippen LogP contribution is -2.22. The third-order valence-electron chi connectivity index (χ3n) is 3.90. The number of carbonyl (C=O) groups is 2. The molecule has 2 amide bonds. The number of aromatic nitrogens is 2. The average molecular weight is 429 g/mol. The van der Waals surface area contributed by atoms with E-state index in [1.807, 2.05) is 38.1 Å². The molecule has 1 aromatic heterocycles. The first kappa shape index (κ1) is 20.8. The van der Waals surface area contributed by atoms with Crippen LogP contribution in [0, 0.1) is 6.92 Å². The number of carbonyl (C=O) groups excluding carboxylic acids is 2. The van der Waals surface area contributed by atoms with Crippen LogP contribution in [-0.2, 0) is 4.79 Å². The van der Waals surface area contributed by atoms with Crippen molar-refractivity contribution in [1.82, 2.24) is 10.2 Å². The molecule has 0 aliphatic heterocycles. The molecule has 2 aromatic carbocycles. The van der Waals surface area contributed by atoms with Gasteiger partial charge in [0.15, 0.2) is 0 Å². The predicted octanol–water partition coefficient (Wildman–Crippen LogP) is 4.23. The first-order valence-corrected chi connectivity index (χ1v) is 10.5. The van der Waals surface area contributed by atoms with Crippen LogP contribution >= 0.6 is 23.1 Å². The number of anilines is 2. The molecule has 0 saturated carbocycles. The van der Waals surface area contributed by atoms with E-state index in [2.05, 4.69) is 20.8 Å². The second-order valence-corrected chi connectivity index (χ2v) is 8.68. The summed E-state index contributed by atoms with van der Waals surface area (Å²) in [5.41, 5.74) is 1.22. The number of hydrogen-bond donors (Lipinski definition) is 2. The zero-order valence-corrected chi connectivity index (χ0v) is 17.8. The fraction of sp³-hybridized carbons (Fsp3) is 0.200. The molecule has 0 radical (unpaired) electrons. The summed E-state index contributed by atoms with van der Waals surface area (Å²) in [5, 5.41) is 14.4. The summed E-state index contributed by atoms with van der Waals surface area (Å²) < 4.78 is 5.09. The summed E-state index contributed by atoms with van der Waals surface area (Å²) in [5.74, 6) is 0.360. The fourth-order valence-corrected chi connectivity index (χ4v) is 3.84. The van der Waals surface area contributed by atoms with Gasteiger partial charge in [-0.05, 0) is 62.4 Å². The van der Waals surface area contributed by atoms with E-state index in [1.54, 1.807) is 31.4 Å². The lowest BCUT2D eigenvalue weighted by Gasteiger charge is -2.11. The molecule has 150 valence electrons. The maximum Gasteiger partial charge on any atom is 0.255 e. The van der Waals surface area contributed by atoms with Gasteiger partial charge in [0, 0.05) is 16.1 Å². The third kappa shape index (κ3) is 5.78. The molecule has 2 N–H and O–H groups in total. The summed E-state index contributed by atoms with van der Waals surface area (Å²) in [6.45, 7) is 3.66. The third-order valence-corrected chi connectivity index (χ3v) is 5.77. The number of hydrogen-bond acceptors (Lipinski definition) is 7. The van der Waals surface area contributed by atoms with E-state index in [9.17, 15) is 9.59 Å². The number of aryl methyl sites for hydroxylation is 1. The van der Waals surface area contributed by atoms with Crippen molar-refractivity contribution in [2.75, 3.05) is 17.7 Å². The van der Waals surface area contributed by atoms with Crippen LogP contribution in [0.4, 0.5) is 10.8 Å². The van der Waals surface area contributed by atoms with Gasteiger partial charge in [0.1, 0.15) is 10.8 Å². The summed E-state index contributed by atoms with van der Waals surface area (Å²) in [7, 11) is 1.58. The molecular weight excluding hydrogens is 408 g/mol. The van der Waals surface area contributed by atoms with Crippen molar-refractivity contribution in [1.29, 1.82) is 0 Å². The van der Waals surface area contributed by atoms with Crippen LogP contribution in [-0.4, -0.2) is 34.4 Å². The van der Waals surface area contributed by atoms with E-state index in [0.717, 1.165) is 9.90 Å². The van der Waals surface area contributed by atoms with E-state index in [0.29, 0.717) is 22.1 Å². The van der Waals surface area contributed by atoms with Gasteiger partial charge >= 0.3 is 0 Å². The topological polar surface area (TPSA) is 93.2 Å². The molecule has 1 unspecified atom stereocenters. The normalized spacial score (nSPS) is 11.6. The summed E-state index contributed by atoms with van der Waals surface area (Å²) in [6, 6.07) is 14.2. The Labute approximate surface area is 176 Å². The Bertz CT molecular complexity index is 988. The van der Waals surface area contributed by atoms with Crippen molar-refractivity contribution in [3.63, 3.8) is 0 Å². The van der Waals surface area contributed by atoms with Crippen molar-refractivity contribution in [3.05, 3.63) is 59.1 Å². The fourth-order valence-electron chi connectivity index (χ4n) is 2.37. The van der Waals surface area contributed by atoms with Crippen LogP contribution in [0.5, 0.6) is 5.75 Å². The molecule has 0 spiro atoms. The van der Waals surface area contributed by atoms with Crippen LogP contribution in [0.2, 0.25) is 0 Å². The molecule has 3 rings (SSSR count). The van der Waals surface area contributed by atoms with Gasteiger partial charge in [-0.15, -0.1) is 22.0 Å². The number of nitrogens with one attached hydrogen (secondary N) is 2.